The molecule has 102 valence electrons. The van der Waals surface area contributed by atoms with Gasteiger partial charge >= 0.3 is 0 Å². The number of hydrogen-bond acceptors (Lipinski definition) is 2. The molecule has 2 fully saturated rings. The van der Waals surface area contributed by atoms with Crippen LogP contribution in [0.4, 0.5) is 0 Å². The number of carbonyl (C=O) groups is 1. The van der Waals surface area contributed by atoms with Crippen LogP contribution in [-0.2, 0) is 0 Å². The Morgan fingerprint density at radius 1 is 1.47 bits per heavy atom. The first kappa shape index (κ1) is 13.0. The fourth-order valence-corrected chi connectivity index (χ4v) is 3.13. The van der Waals surface area contributed by atoms with Crippen molar-refractivity contribution < 1.29 is 9.53 Å². The monoisotopic (exact) mass is 323 g/mol. The van der Waals surface area contributed by atoms with Gasteiger partial charge in [-0.05, 0) is 55.2 Å². The Hall–Kier alpha value is -1.03. The average molecular weight is 324 g/mol. The predicted octanol–water partition coefficient (Wildman–Crippen LogP) is 3.38. The van der Waals surface area contributed by atoms with Gasteiger partial charge in [0.1, 0.15) is 5.75 Å². The quantitative estimate of drug-likeness (QED) is 0.902. The van der Waals surface area contributed by atoms with Gasteiger partial charge in [0.05, 0.1) is 12.7 Å². The van der Waals surface area contributed by atoms with Crippen LogP contribution in [0.3, 0.4) is 0 Å². The lowest BCUT2D eigenvalue weighted by Gasteiger charge is -2.16. The van der Waals surface area contributed by atoms with E-state index in [1.165, 1.54) is 25.7 Å². The molecule has 19 heavy (non-hydrogen) atoms. The number of rotatable bonds is 5. The summed E-state index contributed by atoms with van der Waals surface area (Å²) in [5.41, 5.74) is 1.04. The average Bonchev–Trinajstić information content (AvgIpc) is 3.28. The number of benzene rings is 1. The Morgan fingerprint density at radius 3 is 2.79 bits per heavy atom. The number of amides is 1. The van der Waals surface area contributed by atoms with Crippen LogP contribution in [0.2, 0.25) is 0 Å². The number of ether oxygens (including phenoxy) is 1. The standard InChI is InChI=1S/C15H18BrNO2/c1-19-13-8-11(16)4-5-12(13)14(18)17-9-15(6-7-15)10-2-3-10/h4-5,8,10H,2-3,6-7,9H2,1H3,(H,17,18). The van der Waals surface area contributed by atoms with Gasteiger partial charge in [0, 0.05) is 11.0 Å². The molecular formula is C15H18BrNO2. The highest BCUT2D eigenvalue weighted by atomic mass is 79.9. The van der Waals surface area contributed by atoms with E-state index >= 15 is 0 Å². The van der Waals surface area contributed by atoms with Crippen LogP contribution in [-0.4, -0.2) is 19.6 Å². The first-order chi connectivity index (χ1) is 9.14. The normalized spacial score (nSPS) is 19.9. The lowest BCUT2D eigenvalue weighted by Crippen LogP contribution is -2.31. The van der Waals surface area contributed by atoms with Crippen molar-refractivity contribution in [3.63, 3.8) is 0 Å². The van der Waals surface area contributed by atoms with Crippen molar-refractivity contribution in [3.8, 4) is 5.75 Å². The van der Waals surface area contributed by atoms with E-state index in [0.717, 1.165) is 16.9 Å². The summed E-state index contributed by atoms with van der Waals surface area (Å²) in [6.07, 6.45) is 5.24. The van der Waals surface area contributed by atoms with Crippen molar-refractivity contribution in [3.05, 3.63) is 28.2 Å². The van der Waals surface area contributed by atoms with Gasteiger partial charge in [-0.25, -0.2) is 0 Å². The zero-order valence-corrected chi connectivity index (χ0v) is 12.6. The second-order valence-corrected chi connectivity index (χ2v) is 6.58. The van der Waals surface area contributed by atoms with E-state index < -0.39 is 0 Å². The molecule has 1 aromatic rings. The van der Waals surface area contributed by atoms with Gasteiger partial charge in [0.25, 0.3) is 5.91 Å². The van der Waals surface area contributed by atoms with Crippen LogP contribution in [0.5, 0.6) is 5.75 Å². The minimum absolute atomic E-state index is 0.0312. The maximum atomic E-state index is 12.2. The molecule has 1 N–H and O–H groups in total. The lowest BCUT2D eigenvalue weighted by molar-refractivity contribution is 0.0939. The zero-order chi connectivity index (χ0) is 13.5. The molecule has 0 bridgehead atoms. The van der Waals surface area contributed by atoms with Gasteiger partial charge in [-0.1, -0.05) is 15.9 Å². The highest BCUT2D eigenvalue weighted by Gasteiger charge is 2.53. The molecule has 0 unspecified atom stereocenters. The third kappa shape index (κ3) is 2.64. The fourth-order valence-electron chi connectivity index (χ4n) is 2.79. The van der Waals surface area contributed by atoms with E-state index in [0.29, 0.717) is 16.7 Å². The molecule has 3 nitrogen and oxygen atoms in total. The summed E-state index contributed by atoms with van der Waals surface area (Å²) >= 11 is 3.38. The molecule has 2 aliphatic rings. The number of methoxy groups -OCH3 is 1. The Bertz CT molecular complexity index is 507. The Kier molecular flexibility index (Phi) is 3.29. The Morgan fingerprint density at radius 2 is 2.21 bits per heavy atom. The van der Waals surface area contributed by atoms with Crippen molar-refractivity contribution in [2.45, 2.75) is 25.7 Å². The van der Waals surface area contributed by atoms with Crippen LogP contribution < -0.4 is 10.1 Å². The SMILES string of the molecule is COc1cc(Br)ccc1C(=O)NCC1(C2CC2)CC1. The summed E-state index contributed by atoms with van der Waals surface area (Å²) in [5, 5.41) is 3.08. The molecule has 0 aromatic heterocycles. The molecule has 1 aromatic carbocycles. The summed E-state index contributed by atoms with van der Waals surface area (Å²) in [4.78, 5) is 12.2. The fraction of sp³-hybridized carbons (Fsp3) is 0.533. The van der Waals surface area contributed by atoms with Crippen LogP contribution in [0.1, 0.15) is 36.0 Å². The van der Waals surface area contributed by atoms with Crippen molar-refractivity contribution in [1.82, 2.24) is 5.32 Å². The molecule has 0 aliphatic heterocycles. The highest BCUT2D eigenvalue weighted by molar-refractivity contribution is 9.10. The molecule has 0 spiro atoms. The summed E-state index contributed by atoms with van der Waals surface area (Å²) in [7, 11) is 1.59. The van der Waals surface area contributed by atoms with Gasteiger partial charge < -0.3 is 10.1 Å². The van der Waals surface area contributed by atoms with Crippen molar-refractivity contribution >= 4 is 21.8 Å². The lowest BCUT2D eigenvalue weighted by atomic mass is 10.0. The molecular weight excluding hydrogens is 306 g/mol. The minimum Gasteiger partial charge on any atom is -0.496 e. The van der Waals surface area contributed by atoms with E-state index in [1.807, 2.05) is 12.1 Å². The number of nitrogens with one attached hydrogen (secondary N) is 1. The van der Waals surface area contributed by atoms with Crippen LogP contribution >= 0.6 is 15.9 Å². The highest BCUT2D eigenvalue weighted by Crippen LogP contribution is 2.60. The van der Waals surface area contributed by atoms with Crippen LogP contribution in [0.25, 0.3) is 0 Å². The molecule has 0 radical (unpaired) electrons. The molecule has 1 amide bonds. The van der Waals surface area contributed by atoms with Crippen LogP contribution in [0, 0.1) is 11.3 Å². The van der Waals surface area contributed by atoms with E-state index in [4.69, 9.17) is 4.74 Å². The Labute approximate surface area is 121 Å². The van der Waals surface area contributed by atoms with Gasteiger partial charge in [-0.2, -0.15) is 0 Å². The number of halogens is 1. The second kappa shape index (κ2) is 4.82. The predicted molar refractivity (Wildman–Crippen MR) is 77.4 cm³/mol. The first-order valence-corrected chi connectivity index (χ1v) is 7.56. The van der Waals surface area contributed by atoms with E-state index in [1.54, 1.807) is 13.2 Å². The van der Waals surface area contributed by atoms with Gasteiger partial charge in [-0.15, -0.1) is 0 Å². The first-order valence-electron chi connectivity index (χ1n) is 6.76. The van der Waals surface area contributed by atoms with Gasteiger partial charge in [-0.3, -0.25) is 4.79 Å². The summed E-state index contributed by atoms with van der Waals surface area (Å²) in [6.45, 7) is 0.815. The molecule has 2 saturated carbocycles. The van der Waals surface area contributed by atoms with Gasteiger partial charge in [0.15, 0.2) is 0 Å². The van der Waals surface area contributed by atoms with E-state index in [2.05, 4.69) is 21.2 Å². The number of hydrogen-bond donors (Lipinski definition) is 1. The van der Waals surface area contributed by atoms with Crippen LogP contribution in [0.15, 0.2) is 22.7 Å². The zero-order valence-electron chi connectivity index (χ0n) is 11.0. The second-order valence-electron chi connectivity index (χ2n) is 5.66. The van der Waals surface area contributed by atoms with Gasteiger partial charge in [0.2, 0.25) is 0 Å². The summed E-state index contributed by atoms with van der Waals surface area (Å²) in [5.74, 6) is 1.44. The third-order valence-electron chi connectivity index (χ3n) is 4.34. The molecule has 2 aliphatic carbocycles. The van der Waals surface area contributed by atoms with Crippen molar-refractivity contribution in [2.24, 2.45) is 11.3 Å². The largest absolute Gasteiger partial charge is 0.496 e. The third-order valence-corrected chi connectivity index (χ3v) is 4.84. The topological polar surface area (TPSA) is 38.3 Å². The molecule has 0 saturated heterocycles. The van der Waals surface area contributed by atoms with Crippen molar-refractivity contribution in [2.75, 3.05) is 13.7 Å². The molecule has 3 rings (SSSR count). The Balaban J connectivity index is 1.66. The summed E-state index contributed by atoms with van der Waals surface area (Å²) in [6, 6.07) is 5.49. The molecule has 0 heterocycles. The molecule has 4 heteroatoms. The maximum Gasteiger partial charge on any atom is 0.255 e. The van der Waals surface area contributed by atoms with E-state index in [9.17, 15) is 4.79 Å². The summed E-state index contributed by atoms with van der Waals surface area (Å²) < 4.78 is 6.18. The number of carbonyl (C=O) groups excluding carboxylic acids is 1. The molecule has 0 atom stereocenters. The van der Waals surface area contributed by atoms with Crippen molar-refractivity contribution in [1.29, 1.82) is 0 Å². The minimum atomic E-state index is -0.0312. The van der Waals surface area contributed by atoms with E-state index in [-0.39, 0.29) is 5.91 Å². The smallest absolute Gasteiger partial charge is 0.255 e. The maximum absolute atomic E-state index is 12.2.